The van der Waals surface area contributed by atoms with Crippen molar-refractivity contribution in [1.29, 1.82) is 0 Å². The molecule has 0 aliphatic carbocycles. The number of carbonyl (C=O) groups excluding carboxylic acids is 1. The van der Waals surface area contributed by atoms with Gasteiger partial charge in [-0.05, 0) is 12.5 Å². The molecule has 0 radical (unpaired) electrons. The van der Waals surface area contributed by atoms with Gasteiger partial charge in [0.05, 0.1) is 0 Å². The molecule has 1 aromatic carbocycles. The van der Waals surface area contributed by atoms with Gasteiger partial charge in [0.2, 0.25) is 0 Å². The van der Waals surface area contributed by atoms with Crippen molar-refractivity contribution in [2.75, 3.05) is 0 Å². The van der Waals surface area contributed by atoms with Crippen LogP contribution in [0.4, 0.5) is 0 Å². The molecule has 0 amide bonds. The number of hydrogen-bond acceptors (Lipinski definition) is 3. The monoisotopic (exact) mass is 192 g/mol. The van der Waals surface area contributed by atoms with Crippen LogP contribution in [0.25, 0.3) is 0 Å². The van der Waals surface area contributed by atoms with Gasteiger partial charge in [-0.25, -0.2) is 0 Å². The molecule has 1 aromatic rings. The first kappa shape index (κ1) is 11.0. The fourth-order valence-corrected chi connectivity index (χ4v) is 1.41. The van der Waals surface area contributed by atoms with Crippen molar-refractivity contribution in [3.63, 3.8) is 0 Å². The van der Waals surface area contributed by atoms with Gasteiger partial charge in [-0.15, -0.1) is 0 Å². The van der Waals surface area contributed by atoms with E-state index < -0.39 is 12.9 Å². The highest BCUT2D eigenvalue weighted by Crippen LogP contribution is 2.20. The molecule has 0 bridgehead atoms. The third-order valence-electron chi connectivity index (χ3n) is 2.09. The summed E-state index contributed by atoms with van der Waals surface area (Å²) in [7, 11) is -1.48. The summed E-state index contributed by atoms with van der Waals surface area (Å²) in [5.41, 5.74) is 0.776. The van der Waals surface area contributed by atoms with E-state index in [-0.39, 0.29) is 12.2 Å². The standard InChI is InChI=1S/C10H13BO3/c1-8(12)7-10(11(13)14)9-5-3-2-4-6-9/h2-6,10,13-14H,7H2,1H3. The van der Waals surface area contributed by atoms with Crippen LogP contribution in [-0.2, 0) is 4.79 Å². The molecule has 0 heterocycles. The largest absolute Gasteiger partial charge is 0.459 e. The average Bonchev–Trinajstić information content (AvgIpc) is 2.15. The van der Waals surface area contributed by atoms with Crippen molar-refractivity contribution in [2.24, 2.45) is 0 Å². The molecule has 0 aliphatic rings. The Hall–Kier alpha value is -1.13. The number of hydrogen-bond donors (Lipinski definition) is 2. The molecule has 0 aromatic heterocycles. The highest BCUT2D eigenvalue weighted by molar-refractivity contribution is 6.43. The second-order valence-electron chi connectivity index (χ2n) is 3.34. The minimum atomic E-state index is -1.48. The molecular weight excluding hydrogens is 179 g/mol. The van der Waals surface area contributed by atoms with Crippen LogP contribution in [0.2, 0.25) is 0 Å². The van der Waals surface area contributed by atoms with E-state index in [2.05, 4.69) is 0 Å². The summed E-state index contributed by atoms with van der Waals surface area (Å²) in [5.74, 6) is -0.569. The molecule has 0 fully saturated rings. The lowest BCUT2D eigenvalue weighted by Gasteiger charge is -2.14. The Morgan fingerprint density at radius 1 is 1.36 bits per heavy atom. The molecule has 14 heavy (non-hydrogen) atoms. The zero-order valence-electron chi connectivity index (χ0n) is 8.05. The molecule has 0 aliphatic heterocycles. The summed E-state index contributed by atoms with van der Waals surface area (Å²) in [4.78, 5) is 10.9. The minimum absolute atomic E-state index is 0.0491. The first-order valence-corrected chi connectivity index (χ1v) is 4.52. The Morgan fingerprint density at radius 3 is 2.36 bits per heavy atom. The van der Waals surface area contributed by atoms with Crippen LogP contribution in [0, 0.1) is 0 Å². The molecule has 74 valence electrons. The quantitative estimate of drug-likeness (QED) is 0.692. The predicted octanol–water partition coefficient (Wildman–Crippen LogP) is 0.761. The van der Waals surface area contributed by atoms with Crippen molar-refractivity contribution in [3.05, 3.63) is 35.9 Å². The maximum absolute atomic E-state index is 10.9. The minimum Gasteiger partial charge on any atom is -0.427 e. The zero-order valence-corrected chi connectivity index (χ0v) is 8.05. The second-order valence-corrected chi connectivity index (χ2v) is 3.34. The van der Waals surface area contributed by atoms with E-state index in [1.54, 1.807) is 12.1 Å². The van der Waals surface area contributed by atoms with Crippen LogP contribution < -0.4 is 0 Å². The Labute approximate surface area is 83.5 Å². The summed E-state index contributed by atoms with van der Waals surface area (Å²) < 4.78 is 0. The fourth-order valence-electron chi connectivity index (χ4n) is 1.41. The summed E-state index contributed by atoms with van der Waals surface area (Å²) in [5, 5.41) is 18.2. The Bertz CT molecular complexity index is 297. The van der Waals surface area contributed by atoms with E-state index >= 15 is 0 Å². The lowest BCUT2D eigenvalue weighted by atomic mass is 9.66. The van der Waals surface area contributed by atoms with Crippen LogP contribution in [-0.4, -0.2) is 22.9 Å². The summed E-state index contributed by atoms with van der Waals surface area (Å²) in [6.07, 6.45) is 0.154. The molecule has 1 unspecified atom stereocenters. The molecule has 4 heteroatoms. The molecule has 0 saturated heterocycles. The average molecular weight is 192 g/mol. The lowest BCUT2D eigenvalue weighted by molar-refractivity contribution is -0.117. The van der Waals surface area contributed by atoms with Crippen molar-refractivity contribution in [2.45, 2.75) is 19.2 Å². The van der Waals surface area contributed by atoms with Gasteiger partial charge >= 0.3 is 7.12 Å². The van der Waals surface area contributed by atoms with Gasteiger partial charge in [0.15, 0.2) is 0 Å². The van der Waals surface area contributed by atoms with Crippen LogP contribution in [0.15, 0.2) is 30.3 Å². The van der Waals surface area contributed by atoms with Crippen LogP contribution in [0.1, 0.15) is 24.7 Å². The molecular formula is C10H13BO3. The number of carbonyl (C=O) groups is 1. The highest BCUT2D eigenvalue weighted by atomic mass is 16.4. The van der Waals surface area contributed by atoms with Crippen molar-refractivity contribution < 1.29 is 14.8 Å². The first-order valence-electron chi connectivity index (χ1n) is 4.52. The van der Waals surface area contributed by atoms with E-state index in [4.69, 9.17) is 10.0 Å². The summed E-state index contributed by atoms with van der Waals surface area (Å²) in [6.45, 7) is 1.44. The number of benzene rings is 1. The third kappa shape index (κ3) is 2.98. The number of rotatable bonds is 4. The zero-order chi connectivity index (χ0) is 10.6. The molecule has 1 rings (SSSR count). The van der Waals surface area contributed by atoms with E-state index in [9.17, 15) is 4.79 Å². The van der Waals surface area contributed by atoms with Crippen LogP contribution in [0.3, 0.4) is 0 Å². The Kier molecular flexibility index (Phi) is 3.86. The number of Topliss-reactive ketones (excluding diaryl/α,β-unsaturated/α-hetero) is 1. The number of ketones is 1. The lowest BCUT2D eigenvalue weighted by Crippen LogP contribution is -2.25. The summed E-state index contributed by atoms with van der Waals surface area (Å²) in [6, 6.07) is 9.04. The van der Waals surface area contributed by atoms with E-state index in [0.717, 1.165) is 5.56 Å². The molecule has 3 nitrogen and oxygen atoms in total. The van der Waals surface area contributed by atoms with Gasteiger partial charge in [-0.2, -0.15) is 0 Å². The SMILES string of the molecule is CC(=O)CC(B(O)O)c1ccccc1. The van der Waals surface area contributed by atoms with Gasteiger partial charge < -0.3 is 14.8 Å². The van der Waals surface area contributed by atoms with Crippen LogP contribution in [0.5, 0.6) is 0 Å². The highest BCUT2D eigenvalue weighted by Gasteiger charge is 2.26. The van der Waals surface area contributed by atoms with E-state index in [0.29, 0.717) is 0 Å². The summed E-state index contributed by atoms with van der Waals surface area (Å²) >= 11 is 0. The maximum atomic E-state index is 10.9. The van der Waals surface area contributed by atoms with E-state index in [1.807, 2.05) is 18.2 Å². The maximum Gasteiger partial charge on any atom is 0.459 e. The van der Waals surface area contributed by atoms with Crippen LogP contribution >= 0.6 is 0 Å². The normalized spacial score (nSPS) is 12.2. The third-order valence-corrected chi connectivity index (χ3v) is 2.09. The predicted molar refractivity (Wildman–Crippen MR) is 54.7 cm³/mol. The molecule has 0 saturated carbocycles. The molecule has 1 atom stereocenters. The van der Waals surface area contributed by atoms with Crippen molar-refractivity contribution in [1.82, 2.24) is 0 Å². The second kappa shape index (κ2) is 4.93. The van der Waals surface area contributed by atoms with Gasteiger partial charge in [0.1, 0.15) is 5.78 Å². The van der Waals surface area contributed by atoms with Crippen molar-refractivity contribution >= 4 is 12.9 Å². The smallest absolute Gasteiger partial charge is 0.427 e. The van der Waals surface area contributed by atoms with Gasteiger partial charge in [0, 0.05) is 12.2 Å². The van der Waals surface area contributed by atoms with Crippen molar-refractivity contribution in [3.8, 4) is 0 Å². The molecule has 0 spiro atoms. The fraction of sp³-hybridized carbons (Fsp3) is 0.300. The van der Waals surface area contributed by atoms with Gasteiger partial charge in [0.25, 0.3) is 0 Å². The van der Waals surface area contributed by atoms with Gasteiger partial charge in [-0.3, -0.25) is 0 Å². The van der Waals surface area contributed by atoms with E-state index in [1.165, 1.54) is 6.92 Å². The Morgan fingerprint density at radius 2 is 1.93 bits per heavy atom. The topological polar surface area (TPSA) is 57.5 Å². The van der Waals surface area contributed by atoms with Gasteiger partial charge in [-0.1, -0.05) is 30.3 Å². The first-order chi connectivity index (χ1) is 6.61. The Balaban J connectivity index is 2.83. The molecule has 2 N–H and O–H groups in total.